The minimum atomic E-state index is -0.189. The van der Waals surface area contributed by atoms with E-state index in [0.29, 0.717) is 6.61 Å². The standard InChI is InChI=1S/C20H23NO3/c1-4-13-24-17-10-11-18(15(2)14-17)21-20(22)12-9-16-7-5-6-8-19(16)23-3/h5-12,14H,4,13H2,1-3H3,(H,21,22)/b12-9+. The molecular weight excluding hydrogens is 302 g/mol. The van der Waals surface area contributed by atoms with Gasteiger partial charge >= 0.3 is 0 Å². The summed E-state index contributed by atoms with van der Waals surface area (Å²) in [4.78, 5) is 12.1. The molecule has 24 heavy (non-hydrogen) atoms. The highest BCUT2D eigenvalue weighted by molar-refractivity contribution is 6.02. The fourth-order valence-corrected chi connectivity index (χ4v) is 2.23. The van der Waals surface area contributed by atoms with E-state index in [0.717, 1.165) is 34.7 Å². The number of para-hydroxylation sites is 1. The van der Waals surface area contributed by atoms with Crippen molar-refractivity contribution in [1.82, 2.24) is 0 Å². The Labute approximate surface area is 143 Å². The number of amides is 1. The van der Waals surface area contributed by atoms with Gasteiger partial charge in [-0.15, -0.1) is 0 Å². The van der Waals surface area contributed by atoms with Crippen LogP contribution in [0, 0.1) is 6.92 Å². The Morgan fingerprint density at radius 3 is 2.71 bits per heavy atom. The zero-order chi connectivity index (χ0) is 17.4. The van der Waals surface area contributed by atoms with Gasteiger partial charge in [-0.1, -0.05) is 25.1 Å². The number of hydrogen-bond donors (Lipinski definition) is 1. The molecule has 4 heteroatoms. The van der Waals surface area contributed by atoms with Gasteiger partial charge in [-0.3, -0.25) is 4.79 Å². The van der Waals surface area contributed by atoms with Gasteiger partial charge in [0.1, 0.15) is 11.5 Å². The molecule has 0 bridgehead atoms. The molecule has 0 aliphatic rings. The second kappa shape index (κ2) is 8.77. The monoisotopic (exact) mass is 325 g/mol. The number of carbonyl (C=O) groups is 1. The minimum absolute atomic E-state index is 0.189. The Hall–Kier alpha value is -2.75. The fourth-order valence-electron chi connectivity index (χ4n) is 2.23. The highest BCUT2D eigenvalue weighted by Crippen LogP contribution is 2.22. The lowest BCUT2D eigenvalue weighted by molar-refractivity contribution is -0.111. The lowest BCUT2D eigenvalue weighted by Crippen LogP contribution is -2.09. The van der Waals surface area contributed by atoms with Crippen molar-refractivity contribution in [3.05, 3.63) is 59.7 Å². The minimum Gasteiger partial charge on any atom is -0.496 e. The number of rotatable bonds is 7. The summed E-state index contributed by atoms with van der Waals surface area (Å²) in [6, 6.07) is 13.2. The molecule has 0 radical (unpaired) electrons. The van der Waals surface area contributed by atoms with Crippen LogP contribution in [0.25, 0.3) is 6.08 Å². The summed E-state index contributed by atoms with van der Waals surface area (Å²) in [6.07, 6.45) is 4.20. The average Bonchev–Trinajstić information content (AvgIpc) is 2.60. The first kappa shape index (κ1) is 17.6. The summed E-state index contributed by atoms with van der Waals surface area (Å²) in [7, 11) is 1.61. The normalized spacial score (nSPS) is 10.6. The van der Waals surface area contributed by atoms with Crippen LogP contribution < -0.4 is 14.8 Å². The second-order valence-corrected chi connectivity index (χ2v) is 5.39. The molecule has 1 N–H and O–H groups in total. The molecule has 0 aliphatic carbocycles. The number of benzene rings is 2. The highest BCUT2D eigenvalue weighted by Gasteiger charge is 2.04. The topological polar surface area (TPSA) is 47.6 Å². The van der Waals surface area contributed by atoms with E-state index >= 15 is 0 Å². The van der Waals surface area contributed by atoms with Crippen LogP contribution >= 0.6 is 0 Å². The van der Waals surface area contributed by atoms with Crippen molar-refractivity contribution in [2.24, 2.45) is 0 Å². The van der Waals surface area contributed by atoms with Crippen LogP contribution in [0.1, 0.15) is 24.5 Å². The zero-order valence-corrected chi connectivity index (χ0v) is 14.3. The SMILES string of the molecule is CCCOc1ccc(NC(=O)/C=C/c2ccccc2OC)c(C)c1. The van der Waals surface area contributed by atoms with Crippen LogP contribution in [-0.4, -0.2) is 19.6 Å². The van der Waals surface area contributed by atoms with Gasteiger partial charge in [0, 0.05) is 17.3 Å². The predicted octanol–water partition coefficient (Wildman–Crippen LogP) is 4.44. The van der Waals surface area contributed by atoms with Crippen molar-refractivity contribution in [3.8, 4) is 11.5 Å². The van der Waals surface area contributed by atoms with Crippen molar-refractivity contribution >= 4 is 17.7 Å². The number of ether oxygens (including phenoxy) is 2. The van der Waals surface area contributed by atoms with Crippen molar-refractivity contribution in [2.75, 3.05) is 19.0 Å². The molecule has 0 aliphatic heterocycles. The summed E-state index contributed by atoms with van der Waals surface area (Å²) in [5, 5.41) is 2.88. The molecule has 126 valence electrons. The number of hydrogen-bond acceptors (Lipinski definition) is 3. The smallest absolute Gasteiger partial charge is 0.248 e. The molecule has 2 aromatic carbocycles. The number of aryl methyl sites for hydroxylation is 1. The molecule has 1 amide bonds. The predicted molar refractivity (Wildman–Crippen MR) is 97.6 cm³/mol. The Morgan fingerprint density at radius 1 is 1.21 bits per heavy atom. The quantitative estimate of drug-likeness (QED) is 0.765. The van der Waals surface area contributed by atoms with Crippen LogP contribution in [0.5, 0.6) is 11.5 Å². The van der Waals surface area contributed by atoms with Gasteiger partial charge < -0.3 is 14.8 Å². The number of carbonyl (C=O) groups excluding carboxylic acids is 1. The molecule has 2 rings (SSSR count). The van der Waals surface area contributed by atoms with E-state index in [1.807, 2.05) is 49.4 Å². The summed E-state index contributed by atoms with van der Waals surface area (Å²) in [5.41, 5.74) is 2.59. The molecule has 0 heterocycles. The zero-order valence-electron chi connectivity index (χ0n) is 14.3. The number of anilines is 1. The average molecular weight is 325 g/mol. The van der Waals surface area contributed by atoms with Crippen molar-refractivity contribution in [2.45, 2.75) is 20.3 Å². The number of nitrogens with one attached hydrogen (secondary N) is 1. The summed E-state index contributed by atoms with van der Waals surface area (Å²) < 4.78 is 10.8. The Kier molecular flexibility index (Phi) is 6.43. The molecular formula is C20H23NO3. The Morgan fingerprint density at radius 2 is 2.00 bits per heavy atom. The first-order chi connectivity index (χ1) is 11.6. The highest BCUT2D eigenvalue weighted by atomic mass is 16.5. The van der Waals surface area contributed by atoms with E-state index < -0.39 is 0 Å². The lowest BCUT2D eigenvalue weighted by atomic mass is 10.1. The summed E-state index contributed by atoms with van der Waals surface area (Å²) >= 11 is 0. The maximum atomic E-state index is 12.1. The molecule has 2 aromatic rings. The summed E-state index contributed by atoms with van der Waals surface area (Å²) in [6.45, 7) is 4.70. The van der Waals surface area contributed by atoms with E-state index in [4.69, 9.17) is 9.47 Å². The first-order valence-corrected chi connectivity index (χ1v) is 7.99. The van der Waals surface area contributed by atoms with Crippen LogP contribution in [-0.2, 0) is 4.79 Å². The van der Waals surface area contributed by atoms with Crippen molar-refractivity contribution in [3.63, 3.8) is 0 Å². The maximum absolute atomic E-state index is 12.1. The summed E-state index contributed by atoms with van der Waals surface area (Å²) in [5.74, 6) is 1.36. The Balaban J connectivity index is 2.03. The number of methoxy groups -OCH3 is 1. The third kappa shape index (κ3) is 4.88. The van der Waals surface area contributed by atoms with Crippen molar-refractivity contribution in [1.29, 1.82) is 0 Å². The lowest BCUT2D eigenvalue weighted by Gasteiger charge is -2.10. The molecule has 0 atom stereocenters. The van der Waals surface area contributed by atoms with E-state index in [1.54, 1.807) is 13.2 Å². The largest absolute Gasteiger partial charge is 0.496 e. The first-order valence-electron chi connectivity index (χ1n) is 7.99. The maximum Gasteiger partial charge on any atom is 0.248 e. The van der Waals surface area contributed by atoms with E-state index in [9.17, 15) is 4.79 Å². The van der Waals surface area contributed by atoms with Crippen molar-refractivity contribution < 1.29 is 14.3 Å². The molecule has 4 nitrogen and oxygen atoms in total. The Bertz CT molecular complexity index is 723. The third-order valence-corrected chi connectivity index (χ3v) is 3.48. The van der Waals surface area contributed by atoms with Crippen LogP contribution in [0.4, 0.5) is 5.69 Å². The molecule has 0 saturated heterocycles. The van der Waals surface area contributed by atoms with Crippen LogP contribution in [0.15, 0.2) is 48.5 Å². The van der Waals surface area contributed by atoms with E-state index in [-0.39, 0.29) is 5.91 Å². The third-order valence-electron chi connectivity index (χ3n) is 3.48. The molecule has 0 unspecified atom stereocenters. The molecule has 0 saturated carbocycles. The van der Waals surface area contributed by atoms with Crippen LogP contribution in [0.3, 0.4) is 0 Å². The van der Waals surface area contributed by atoms with E-state index in [2.05, 4.69) is 12.2 Å². The van der Waals surface area contributed by atoms with Gasteiger partial charge in [-0.05, 0) is 49.2 Å². The molecule has 0 spiro atoms. The van der Waals surface area contributed by atoms with Crippen LogP contribution in [0.2, 0.25) is 0 Å². The van der Waals surface area contributed by atoms with Gasteiger partial charge in [0.25, 0.3) is 0 Å². The van der Waals surface area contributed by atoms with Gasteiger partial charge in [0.2, 0.25) is 5.91 Å². The molecule has 0 aromatic heterocycles. The van der Waals surface area contributed by atoms with Gasteiger partial charge in [-0.2, -0.15) is 0 Å². The molecule has 0 fully saturated rings. The second-order valence-electron chi connectivity index (χ2n) is 5.39. The fraction of sp³-hybridized carbons (Fsp3) is 0.250. The van der Waals surface area contributed by atoms with Gasteiger partial charge in [-0.25, -0.2) is 0 Å². The van der Waals surface area contributed by atoms with Gasteiger partial charge in [0.15, 0.2) is 0 Å². The van der Waals surface area contributed by atoms with Gasteiger partial charge in [0.05, 0.1) is 13.7 Å². The van der Waals surface area contributed by atoms with E-state index in [1.165, 1.54) is 6.08 Å².